The molecular formula is C19H15BrClN3O2S2. The van der Waals surface area contributed by atoms with Crippen molar-refractivity contribution in [3.63, 3.8) is 0 Å². The Hall–Kier alpha value is -1.87. The second-order valence-electron chi connectivity index (χ2n) is 5.56. The Labute approximate surface area is 184 Å². The lowest BCUT2D eigenvalue weighted by Gasteiger charge is -2.07. The van der Waals surface area contributed by atoms with E-state index < -0.39 is 0 Å². The van der Waals surface area contributed by atoms with Gasteiger partial charge in [0.15, 0.2) is 4.34 Å². The number of rotatable bonds is 6. The number of benzene rings is 2. The second-order valence-corrected chi connectivity index (χ2v) is 9.11. The van der Waals surface area contributed by atoms with Gasteiger partial charge in [0.2, 0.25) is 5.91 Å². The highest BCUT2D eigenvalue weighted by Gasteiger charge is 2.19. The summed E-state index contributed by atoms with van der Waals surface area (Å²) >= 11 is 12.2. The van der Waals surface area contributed by atoms with E-state index in [4.69, 9.17) is 11.6 Å². The number of hydrogen-bond acceptors (Lipinski definition) is 5. The summed E-state index contributed by atoms with van der Waals surface area (Å²) in [5, 5.41) is 6.46. The van der Waals surface area contributed by atoms with Gasteiger partial charge in [0.1, 0.15) is 10.7 Å². The first-order chi connectivity index (χ1) is 13.5. The molecule has 0 spiro atoms. The maximum Gasteiger partial charge on any atom is 0.257 e. The fourth-order valence-electron chi connectivity index (χ4n) is 2.28. The lowest BCUT2D eigenvalue weighted by atomic mass is 10.1. The third kappa shape index (κ3) is 5.14. The quantitative estimate of drug-likeness (QED) is 0.453. The number of thioether (sulfide) groups is 1. The topological polar surface area (TPSA) is 71.1 Å². The number of halogens is 2. The number of nitrogens with one attached hydrogen (secondary N) is 2. The summed E-state index contributed by atoms with van der Waals surface area (Å²) in [7, 11) is 1.59. The number of carbonyl (C=O) groups excluding carboxylic acids is 2. The van der Waals surface area contributed by atoms with Crippen LogP contribution in [0.4, 0.5) is 5.00 Å². The van der Waals surface area contributed by atoms with Crippen molar-refractivity contribution in [3.05, 3.63) is 63.6 Å². The Morgan fingerprint density at radius 2 is 1.96 bits per heavy atom. The first-order valence-electron chi connectivity index (χ1n) is 8.14. The van der Waals surface area contributed by atoms with E-state index in [0.29, 0.717) is 25.6 Å². The monoisotopic (exact) mass is 495 g/mol. The molecule has 2 aromatic carbocycles. The largest absolute Gasteiger partial charge is 0.358 e. The minimum atomic E-state index is -0.324. The predicted molar refractivity (Wildman–Crippen MR) is 119 cm³/mol. The number of aromatic nitrogens is 1. The zero-order valence-electron chi connectivity index (χ0n) is 14.7. The van der Waals surface area contributed by atoms with Gasteiger partial charge in [-0.05, 0) is 18.2 Å². The Kier molecular flexibility index (Phi) is 7.12. The van der Waals surface area contributed by atoms with Crippen LogP contribution in [0.1, 0.15) is 10.4 Å². The number of hydrogen-bond donors (Lipinski definition) is 2. The number of anilines is 1. The van der Waals surface area contributed by atoms with Gasteiger partial charge < -0.3 is 10.6 Å². The molecule has 3 rings (SSSR count). The molecule has 0 aliphatic rings. The highest BCUT2D eigenvalue weighted by atomic mass is 79.9. The molecule has 2 amide bonds. The van der Waals surface area contributed by atoms with Gasteiger partial charge in [0.25, 0.3) is 5.91 Å². The van der Waals surface area contributed by atoms with Gasteiger partial charge in [-0.1, -0.05) is 81.0 Å². The summed E-state index contributed by atoms with van der Waals surface area (Å²) in [4.78, 5) is 28.9. The lowest BCUT2D eigenvalue weighted by molar-refractivity contribution is -0.118. The minimum Gasteiger partial charge on any atom is -0.358 e. The van der Waals surface area contributed by atoms with Crippen molar-refractivity contribution in [2.45, 2.75) is 4.34 Å². The Morgan fingerprint density at radius 1 is 1.21 bits per heavy atom. The first kappa shape index (κ1) is 20.9. The van der Waals surface area contributed by atoms with Crippen molar-refractivity contribution in [3.8, 4) is 11.3 Å². The van der Waals surface area contributed by atoms with Crippen molar-refractivity contribution >= 4 is 67.4 Å². The van der Waals surface area contributed by atoms with Crippen LogP contribution in [0.15, 0.2) is 57.3 Å². The Bertz CT molecular complexity index is 1010. The fraction of sp³-hybridized carbons (Fsp3) is 0.105. The summed E-state index contributed by atoms with van der Waals surface area (Å²) in [6.07, 6.45) is 0. The fourth-order valence-corrected chi connectivity index (χ4v) is 4.78. The molecule has 9 heteroatoms. The molecule has 28 heavy (non-hydrogen) atoms. The molecule has 0 fully saturated rings. The molecule has 2 N–H and O–H groups in total. The van der Waals surface area contributed by atoms with Crippen molar-refractivity contribution in [2.24, 2.45) is 0 Å². The number of carbonyl (C=O) groups is 2. The number of thiazole rings is 1. The van der Waals surface area contributed by atoms with Crippen LogP contribution in [0.2, 0.25) is 5.02 Å². The number of nitrogens with zero attached hydrogens (tertiary/aromatic N) is 1. The molecule has 0 bridgehead atoms. The van der Waals surface area contributed by atoms with E-state index in [1.165, 1.54) is 23.1 Å². The third-order valence-corrected chi connectivity index (χ3v) is 6.60. The maximum absolute atomic E-state index is 12.8. The van der Waals surface area contributed by atoms with Gasteiger partial charge in [-0.15, -0.1) is 0 Å². The summed E-state index contributed by atoms with van der Waals surface area (Å²) < 4.78 is 1.45. The molecule has 0 unspecified atom stereocenters. The summed E-state index contributed by atoms with van der Waals surface area (Å²) in [5.41, 5.74) is 1.90. The zero-order chi connectivity index (χ0) is 20.1. The van der Waals surface area contributed by atoms with E-state index >= 15 is 0 Å². The third-order valence-electron chi connectivity index (χ3n) is 3.66. The highest BCUT2D eigenvalue weighted by Crippen LogP contribution is 2.38. The van der Waals surface area contributed by atoms with E-state index in [2.05, 4.69) is 31.5 Å². The van der Waals surface area contributed by atoms with Gasteiger partial charge in [-0.2, -0.15) is 0 Å². The molecule has 0 radical (unpaired) electrons. The van der Waals surface area contributed by atoms with Crippen molar-refractivity contribution in [2.75, 3.05) is 18.1 Å². The maximum atomic E-state index is 12.8. The first-order valence-corrected chi connectivity index (χ1v) is 11.1. The average molecular weight is 497 g/mol. The zero-order valence-corrected chi connectivity index (χ0v) is 18.6. The van der Waals surface area contributed by atoms with Gasteiger partial charge >= 0.3 is 0 Å². The van der Waals surface area contributed by atoms with Crippen LogP contribution < -0.4 is 10.6 Å². The van der Waals surface area contributed by atoms with Crippen LogP contribution in [0.5, 0.6) is 0 Å². The van der Waals surface area contributed by atoms with E-state index in [1.807, 2.05) is 30.3 Å². The summed E-state index contributed by atoms with van der Waals surface area (Å²) in [6, 6.07) is 14.7. The van der Waals surface area contributed by atoms with Gasteiger partial charge in [0, 0.05) is 17.1 Å². The molecule has 0 atom stereocenters. The lowest BCUT2D eigenvalue weighted by Crippen LogP contribution is -2.19. The van der Waals surface area contributed by atoms with Crippen molar-refractivity contribution in [1.29, 1.82) is 0 Å². The molecule has 0 saturated carbocycles. The molecule has 0 aliphatic heterocycles. The Morgan fingerprint density at radius 3 is 2.68 bits per heavy atom. The van der Waals surface area contributed by atoms with Gasteiger partial charge in [-0.25, -0.2) is 4.98 Å². The van der Waals surface area contributed by atoms with E-state index in [9.17, 15) is 9.59 Å². The normalized spacial score (nSPS) is 10.5. The molecule has 0 saturated heterocycles. The minimum absolute atomic E-state index is 0.0898. The molecule has 144 valence electrons. The highest BCUT2D eigenvalue weighted by molar-refractivity contribution is 9.10. The molecule has 3 aromatic rings. The van der Waals surface area contributed by atoms with E-state index in [-0.39, 0.29) is 17.6 Å². The predicted octanol–water partition coefficient (Wildman–Crippen LogP) is 5.32. The van der Waals surface area contributed by atoms with Crippen LogP contribution >= 0.6 is 50.6 Å². The second kappa shape index (κ2) is 9.56. The smallest absolute Gasteiger partial charge is 0.257 e. The van der Waals surface area contributed by atoms with Crippen LogP contribution in [-0.2, 0) is 4.79 Å². The molecule has 1 heterocycles. The van der Waals surface area contributed by atoms with Gasteiger partial charge in [-0.3, -0.25) is 9.59 Å². The molecule has 5 nitrogen and oxygen atoms in total. The number of amides is 2. The van der Waals surface area contributed by atoms with Crippen LogP contribution in [0, 0.1) is 0 Å². The summed E-state index contributed by atoms with van der Waals surface area (Å²) in [5.74, 6) is -0.161. The SMILES string of the molecule is CNC(=O)CSc1nc(-c2ccccc2)c(NC(=O)c2cc(Br)ccc2Cl)s1. The summed E-state index contributed by atoms with van der Waals surface area (Å²) in [6.45, 7) is 0. The average Bonchev–Trinajstić information content (AvgIpc) is 3.11. The van der Waals surface area contributed by atoms with Crippen LogP contribution in [0.25, 0.3) is 11.3 Å². The molecule has 0 aliphatic carbocycles. The van der Waals surface area contributed by atoms with E-state index in [1.54, 1.807) is 25.2 Å². The van der Waals surface area contributed by atoms with Crippen LogP contribution in [0.3, 0.4) is 0 Å². The van der Waals surface area contributed by atoms with Crippen molar-refractivity contribution in [1.82, 2.24) is 10.3 Å². The van der Waals surface area contributed by atoms with E-state index in [0.717, 1.165) is 10.0 Å². The molecular weight excluding hydrogens is 482 g/mol. The van der Waals surface area contributed by atoms with Crippen molar-refractivity contribution < 1.29 is 9.59 Å². The Balaban J connectivity index is 1.91. The van der Waals surface area contributed by atoms with Crippen LogP contribution in [-0.4, -0.2) is 29.6 Å². The molecule has 1 aromatic heterocycles. The van der Waals surface area contributed by atoms with Gasteiger partial charge in [0.05, 0.1) is 16.3 Å². The standard InChI is InChI=1S/C19H15BrClN3O2S2/c1-22-15(25)10-27-19-23-16(11-5-3-2-4-6-11)18(28-19)24-17(26)13-9-12(20)7-8-14(13)21/h2-9H,10H2,1H3,(H,22,25)(H,24,26).